The molecule has 156 valence electrons. The predicted octanol–water partition coefficient (Wildman–Crippen LogP) is 3.88. The lowest BCUT2D eigenvalue weighted by Crippen LogP contribution is -2.28. The average molecular weight is 405 g/mol. The molecule has 1 amide bonds. The Morgan fingerprint density at radius 3 is 2.67 bits per heavy atom. The van der Waals surface area contributed by atoms with E-state index in [1.165, 1.54) is 0 Å². The summed E-state index contributed by atoms with van der Waals surface area (Å²) in [5, 5.41) is 7.16. The smallest absolute Gasteiger partial charge is 0.270 e. The third-order valence-corrected chi connectivity index (χ3v) is 5.77. The van der Waals surface area contributed by atoms with Gasteiger partial charge in [0.25, 0.3) is 5.91 Å². The molecule has 4 rings (SSSR count). The lowest BCUT2D eigenvalue weighted by Gasteiger charge is -2.12. The monoisotopic (exact) mass is 404 g/mol. The summed E-state index contributed by atoms with van der Waals surface area (Å²) in [6.45, 7) is 3.67. The summed E-state index contributed by atoms with van der Waals surface area (Å²) in [4.78, 5) is 19.5. The molecule has 0 fully saturated rings. The average Bonchev–Trinajstić information content (AvgIpc) is 3.02. The molecule has 0 saturated carbocycles. The number of nitrogens with zero attached hydrogens (tertiary/aromatic N) is 3. The fourth-order valence-corrected chi connectivity index (χ4v) is 4.26. The maximum absolute atomic E-state index is 12.9. The molecule has 4 aromatic rings. The summed E-state index contributed by atoms with van der Waals surface area (Å²) in [6, 6.07) is 10.2. The number of pyridine rings is 1. The number of fused-ring (bicyclic) bond motifs is 4. The van der Waals surface area contributed by atoms with E-state index >= 15 is 0 Å². The SMILES string of the molecule is COc1ccc2c(c1)c1cc3c(C(=O)NCCCN(C)C)nccc3c(C)c1n2C. The minimum absolute atomic E-state index is 0.129. The van der Waals surface area contributed by atoms with Gasteiger partial charge in [-0.05, 0) is 75.3 Å². The first-order valence-electron chi connectivity index (χ1n) is 10.2. The lowest BCUT2D eigenvalue weighted by molar-refractivity contribution is 0.0949. The molecule has 30 heavy (non-hydrogen) atoms. The van der Waals surface area contributed by atoms with Crippen molar-refractivity contribution in [1.82, 2.24) is 19.8 Å². The maximum atomic E-state index is 12.9. The molecule has 6 nitrogen and oxygen atoms in total. The number of rotatable bonds is 6. The van der Waals surface area contributed by atoms with Crippen LogP contribution in [0.4, 0.5) is 0 Å². The zero-order valence-corrected chi connectivity index (χ0v) is 18.2. The molecule has 2 aromatic carbocycles. The van der Waals surface area contributed by atoms with Crippen molar-refractivity contribution in [1.29, 1.82) is 0 Å². The van der Waals surface area contributed by atoms with Gasteiger partial charge in [0.15, 0.2) is 0 Å². The van der Waals surface area contributed by atoms with Crippen LogP contribution in [0.25, 0.3) is 32.6 Å². The molecule has 0 bridgehead atoms. The molecule has 0 radical (unpaired) electrons. The van der Waals surface area contributed by atoms with Gasteiger partial charge in [0.1, 0.15) is 11.4 Å². The highest BCUT2D eigenvalue weighted by Gasteiger charge is 2.18. The molecule has 0 atom stereocenters. The van der Waals surface area contributed by atoms with Crippen LogP contribution in [-0.2, 0) is 7.05 Å². The van der Waals surface area contributed by atoms with Crippen LogP contribution in [0.3, 0.4) is 0 Å². The molecule has 2 aromatic heterocycles. The fourth-order valence-electron chi connectivity index (χ4n) is 4.26. The van der Waals surface area contributed by atoms with Gasteiger partial charge < -0.3 is 19.5 Å². The molecule has 2 heterocycles. The summed E-state index contributed by atoms with van der Waals surface area (Å²) in [5.41, 5.74) is 3.91. The van der Waals surface area contributed by atoms with Crippen molar-refractivity contribution in [2.24, 2.45) is 7.05 Å². The molecule has 0 aliphatic rings. The van der Waals surface area contributed by atoms with Crippen molar-refractivity contribution in [2.45, 2.75) is 13.3 Å². The van der Waals surface area contributed by atoms with Crippen LogP contribution in [0, 0.1) is 6.92 Å². The van der Waals surface area contributed by atoms with Gasteiger partial charge in [0, 0.05) is 41.5 Å². The number of hydrogen-bond acceptors (Lipinski definition) is 4. The first-order valence-corrected chi connectivity index (χ1v) is 10.2. The molecule has 0 spiro atoms. The maximum Gasteiger partial charge on any atom is 0.270 e. The Labute approximate surface area is 176 Å². The number of methoxy groups -OCH3 is 1. The molecule has 0 aliphatic heterocycles. The minimum atomic E-state index is -0.129. The normalized spacial score (nSPS) is 11.7. The Morgan fingerprint density at radius 1 is 1.13 bits per heavy atom. The summed E-state index contributed by atoms with van der Waals surface area (Å²) in [7, 11) is 7.81. The summed E-state index contributed by atoms with van der Waals surface area (Å²) in [5.74, 6) is 0.689. The van der Waals surface area contributed by atoms with Gasteiger partial charge >= 0.3 is 0 Å². The molecule has 0 saturated heterocycles. The zero-order chi connectivity index (χ0) is 21.4. The van der Waals surface area contributed by atoms with Crippen LogP contribution in [0.5, 0.6) is 5.75 Å². The van der Waals surface area contributed by atoms with Gasteiger partial charge in [0.2, 0.25) is 0 Å². The zero-order valence-electron chi connectivity index (χ0n) is 18.2. The molecular formula is C24H28N4O2. The first-order chi connectivity index (χ1) is 14.4. The Hall–Kier alpha value is -3.12. The summed E-state index contributed by atoms with van der Waals surface area (Å²) < 4.78 is 7.65. The number of carbonyl (C=O) groups is 1. The van der Waals surface area contributed by atoms with Crippen molar-refractivity contribution in [3.05, 3.63) is 47.8 Å². The summed E-state index contributed by atoms with van der Waals surface area (Å²) in [6.07, 6.45) is 2.62. The quantitative estimate of drug-likeness (QED) is 0.496. The highest BCUT2D eigenvalue weighted by molar-refractivity contribution is 6.17. The van der Waals surface area contributed by atoms with E-state index in [0.717, 1.165) is 56.9 Å². The van der Waals surface area contributed by atoms with Gasteiger partial charge in [-0.2, -0.15) is 0 Å². The van der Waals surface area contributed by atoms with Crippen molar-refractivity contribution in [2.75, 3.05) is 34.3 Å². The van der Waals surface area contributed by atoms with Gasteiger partial charge in [-0.3, -0.25) is 9.78 Å². The van der Waals surface area contributed by atoms with E-state index in [-0.39, 0.29) is 5.91 Å². The van der Waals surface area contributed by atoms with Crippen LogP contribution in [-0.4, -0.2) is 54.7 Å². The van der Waals surface area contributed by atoms with Crippen molar-refractivity contribution >= 4 is 38.5 Å². The number of ether oxygens (including phenoxy) is 1. The van der Waals surface area contributed by atoms with Crippen LogP contribution >= 0.6 is 0 Å². The summed E-state index contributed by atoms with van der Waals surface area (Å²) >= 11 is 0. The predicted molar refractivity (Wildman–Crippen MR) is 123 cm³/mol. The molecule has 1 N–H and O–H groups in total. The van der Waals surface area contributed by atoms with Crippen LogP contribution in [0.1, 0.15) is 22.5 Å². The Bertz CT molecular complexity index is 1260. The number of nitrogens with one attached hydrogen (secondary N) is 1. The number of hydrogen-bond donors (Lipinski definition) is 1. The van der Waals surface area contributed by atoms with E-state index in [0.29, 0.717) is 12.2 Å². The van der Waals surface area contributed by atoms with Gasteiger partial charge in [-0.15, -0.1) is 0 Å². The molecule has 0 aliphatic carbocycles. The van der Waals surface area contributed by atoms with Gasteiger partial charge in [-0.1, -0.05) is 0 Å². The van der Waals surface area contributed by atoms with E-state index in [1.807, 2.05) is 26.2 Å². The second kappa shape index (κ2) is 7.95. The number of carbonyl (C=O) groups excluding carboxylic acids is 1. The Balaban J connectivity index is 1.86. The first kappa shape index (κ1) is 20.2. The Morgan fingerprint density at radius 2 is 1.93 bits per heavy atom. The van der Waals surface area contributed by atoms with Crippen molar-refractivity contribution in [3.8, 4) is 5.75 Å². The molecule has 6 heteroatoms. The van der Waals surface area contributed by atoms with E-state index in [4.69, 9.17) is 4.74 Å². The largest absolute Gasteiger partial charge is 0.497 e. The third kappa shape index (κ3) is 3.37. The lowest BCUT2D eigenvalue weighted by atomic mass is 10.00. The second-order valence-corrected chi connectivity index (χ2v) is 8.01. The van der Waals surface area contributed by atoms with Crippen molar-refractivity contribution < 1.29 is 9.53 Å². The van der Waals surface area contributed by atoms with Crippen molar-refractivity contribution in [3.63, 3.8) is 0 Å². The highest BCUT2D eigenvalue weighted by atomic mass is 16.5. The fraction of sp³-hybridized carbons (Fsp3) is 0.333. The third-order valence-electron chi connectivity index (χ3n) is 5.77. The molecular weight excluding hydrogens is 376 g/mol. The van der Waals surface area contributed by atoms with E-state index in [2.05, 4.69) is 51.9 Å². The van der Waals surface area contributed by atoms with E-state index in [1.54, 1.807) is 13.3 Å². The Kier molecular flexibility index (Phi) is 5.35. The number of aromatic nitrogens is 2. The topological polar surface area (TPSA) is 59.4 Å². The van der Waals surface area contributed by atoms with Crippen LogP contribution in [0.15, 0.2) is 36.5 Å². The number of benzene rings is 2. The van der Waals surface area contributed by atoms with Gasteiger partial charge in [0.05, 0.1) is 12.6 Å². The molecule has 0 unspecified atom stereocenters. The van der Waals surface area contributed by atoms with Crippen LogP contribution in [0.2, 0.25) is 0 Å². The highest BCUT2D eigenvalue weighted by Crippen LogP contribution is 2.36. The van der Waals surface area contributed by atoms with Crippen LogP contribution < -0.4 is 10.1 Å². The van der Waals surface area contributed by atoms with E-state index < -0.39 is 0 Å². The van der Waals surface area contributed by atoms with Gasteiger partial charge in [-0.25, -0.2) is 0 Å². The number of aryl methyl sites for hydroxylation is 2. The standard InChI is InChI=1S/C24H28N4O2/c1-15-17-9-11-25-22(24(29)26-10-6-12-27(2)3)19(17)14-20-18-13-16(30-5)7-8-21(18)28(4)23(15)20/h7-9,11,13-14H,6,10,12H2,1-5H3,(H,26,29). The minimum Gasteiger partial charge on any atom is -0.497 e. The number of amides is 1. The second-order valence-electron chi connectivity index (χ2n) is 8.01. The van der Waals surface area contributed by atoms with E-state index in [9.17, 15) is 4.79 Å².